The smallest absolute Gasteiger partial charge is 0.139 e. The van der Waals surface area contributed by atoms with E-state index in [1.165, 1.54) is 12.1 Å². The summed E-state index contributed by atoms with van der Waals surface area (Å²) in [6.45, 7) is 7.68. The normalized spacial score (nSPS) is 23.5. The first-order chi connectivity index (χ1) is 9.15. The molecule has 1 heterocycles. The van der Waals surface area contributed by atoms with Crippen molar-refractivity contribution in [3.05, 3.63) is 23.2 Å². The molecule has 0 radical (unpaired) electrons. The van der Waals surface area contributed by atoms with Crippen molar-refractivity contribution in [3.63, 3.8) is 0 Å². The molecule has 2 rings (SSSR count). The molecule has 1 fully saturated rings. The van der Waals surface area contributed by atoms with Crippen molar-refractivity contribution < 1.29 is 4.74 Å². The van der Waals surface area contributed by atoms with Crippen LogP contribution in [0.4, 0.5) is 5.69 Å². The summed E-state index contributed by atoms with van der Waals surface area (Å²) in [6, 6.07) is 6.65. The van der Waals surface area contributed by atoms with Crippen LogP contribution in [0.15, 0.2) is 18.2 Å². The quantitative estimate of drug-likeness (QED) is 0.918. The van der Waals surface area contributed by atoms with E-state index < -0.39 is 0 Å². The average Bonchev–Trinajstić information content (AvgIpc) is 2.42. The predicted molar refractivity (Wildman–Crippen MR) is 81.5 cm³/mol. The lowest BCUT2D eigenvalue weighted by atomic mass is 9.93. The van der Waals surface area contributed by atoms with Crippen LogP contribution in [-0.4, -0.2) is 32.8 Å². The summed E-state index contributed by atoms with van der Waals surface area (Å²) in [5.41, 5.74) is 1.20. The highest BCUT2D eigenvalue weighted by atomic mass is 35.5. The first-order valence-corrected chi connectivity index (χ1v) is 7.35. The van der Waals surface area contributed by atoms with Gasteiger partial charge in [-0.2, -0.15) is 0 Å². The van der Waals surface area contributed by atoms with Crippen molar-refractivity contribution in [1.82, 2.24) is 5.32 Å². The Morgan fingerprint density at radius 1 is 1.47 bits per heavy atom. The van der Waals surface area contributed by atoms with E-state index in [1.807, 2.05) is 12.1 Å². The molecule has 0 bridgehead atoms. The van der Waals surface area contributed by atoms with Crippen LogP contribution in [-0.2, 0) is 0 Å². The first kappa shape index (κ1) is 14.5. The summed E-state index contributed by atoms with van der Waals surface area (Å²) in [5.74, 6) is 1.40. The molecule has 0 aromatic heterocycles. The van der Waals surface area contributed by atoms with Gasteiger partial charge in [0.25, 0.3) is 0 Å². The largest absolute Gasteiger partial charge is 0.495 e. The van der Waals surface area contributed by atoms with Crippen LogP contribution in [0.3, 0.4) is 0 Å². The number of nitrogens with zero attached hydrogens (tertiary/aromatic N) is 1. The monoisotopic (exact) mass is 282 g/mol. The maximum atomic E-state index is 6.07. The molecule has 4 heteroatoms. The van der Waals surface area contributed by atoms with Gasteiger partial charge in [0.2, 0.25) is 0 Å². The standard InChI is InChI=1S/C15H23ClN2O/c1-4-17-14-7-8-18(10-11(14)2)12-5-6-13(16)15(9-12)19-3/h5-6,9,11,14,17H,4,7-8,10H2,1-3H3. The zero-order chi connectivity index (χ0) is 13.8. The topological polar surface area (TPSA) is 24.5 Å². The second-order valence-electron chi connectivity index (χ2n) is 5.19. The van der Waals surface area contributed by atoms with Gasteiger partial charge in [0.1, 0.15) is 5.75 Å². The van der Waals surface area contributed by atoms with Gasteiger partial charge in [0, 0.05) is 30.9 Å². The number of piperidine rings is 1. The van der Waals surface area contributed by atoms with Gasteiger partial charge in [0.05, 0.1) is 12.1 Å². The summed E-state index contributed by atoms with van der Waals surface area (Å²) in [4.78, 5) is 2.41. The molecule has 3 nitrogen and oxygen atoms in total. The Balaban J connectivity index is 2.07. The van der Waals surface area contributed by atoms with Crippen molar-refractivity contribution in [1.29, 1.82) is 0 Å². The van der Waals surface area contributed by atoms with E-state index in [9.17, 15) is 0 Å². The zero-order valence-corrected chi connectivity index (χ0v) is 12.7. The van der Waals surface area contributed by atoms with E-state index >= 15 is 0 Å². The minimum absolute atomic E-state index is 0.635. The molecule has 106 valence electrons. The van der Waals surface area contributed by atoms with Gasteiger partial charge < -0.3 is 15.0 Å². The van der Waals surface area contributed by atoms with Crippen LogP contribution in [0.25, 0.3) is 0 Å². The molecule has 1 aromatic rings. The van der Waals surface area contributed by atoms with E-state index in [0.29, 0.717) is 17.0 Å². The van der Waals surface area contributed by atoms with Crippen molar-refractivity contribution >= 4 is 17.3 Å². The molecule has 2 atom stereocenters. The SMILES string of the molecule is CCNC1CCN(c2ccc(Cl)c(OC)c2)CC1C. The van der Waals surface area contributed by atoms with Crippen LogP contribution >= 0.6 is 11.6 Å². The summed E-state index contributed by atoms with van der Waals surface area (Å²) in [7, 11) is 1.66. The molecule has 1 aliphatic rings. The highest BCUT2D eigenvalue weighted by molar-refractivity contribution is 6.32. The Morgan fingerprint density at radius 3 is 2.89 bits per heavy atom. The van der Waals surface area contributed by atoms with E-state index in [0.717, 1.165) is 25.4 Å². The Morgan fingerprint density at radius 2 is 2.26 bits per heavy atom. The second-order valence-corrected chi connectivity index (χ2v) is 5.60. The van der Waals surface area contributed by atoms with Gasteiger partial charge in [0.15, 0.2) is 0 Å². The molecule has 1 aliphatic heterocycles. The molecular weight excluding hydrogens is 260 g/mol. The van der Waals surface area contributed by atoms with Crippen molar-refractivity contribution in [2.45, 2.75) is 26.3 Å². The number of nitrogens with one attached hydrogen (secondary N) is 1. The summed E-state index contributed by atoms with van der Waals surface area (Å²) < 4.78 is 5.29. The number of ether oxygens (including phenoxy) is 1. The fraction of sp³-hybridized carbons (Fsp3) is 0.600. The molecule has 0 aliphatic carbocycles. The highest BCUT2D eigenvalue weighted by Crippen LogP contribution is 2.31. The molecule has 2 unspecified atom stereocenters. The maximum absolute atomic E-state index is 6.07. The zero-order valence-electron chi connectivity index (χ0n) is 11.9. The molecular formula is C15H23ClN2O. The van der Waals surface area contributed by atoms with Crippen LogP contribution in [0.2, 0.25) is 5.02 Å². The third-order valence-electron chi connectivity index (χ3n) is 3.87. The lowest BCUT2D eigenvalue weighted by Crippen LogP contribution is -2.48. The molecule has 1 N–H and O–H groups in total. The summed E-state index contributed by atoms with van der Waals surface area (Å²) in [6.07, 6.45) is 1.18. The highest BCUT2D eigenvalue weighted by Gasteiger charge is 2.25. The fourth-order valence-corrected chi connectivity index (χ4v) is 2.99. The maximum Gasteiger partial charge on any atom is 0.139 e. The number of hydrogen-bond donors (Lipinski definition) is 1. The average molecular weight is 283 g/mol. The summed E-state index contributed by atoms with van der Waals surface area (Å²) >= 11 is 6.07. The Kier molecular flexibility index (Phi) is 4.94. The number of rotatable bonds is 4. The van der Waals surface area contributed by atoms with E-state index in [-0.39, 0.29) is 0 Å². The van der Waals surface area contributed by atoms with E-state index in [4.69, 9.17) is 16.3 Å². The number of halogens is 1. The minimum atomic E-state index is 0.635. The number of anilines is 1. The van der Waals surface area contributed by atoms with Crippen LogP contribution in [0.1, 0.15) is 20.3 Å². The second kappa shape index (κ2) is 6.49. The lowest BCUT2D eigenvalue weighted by molar-refractivity contribution is 0.326. The molecule has 19 heavy (non-hydrogen) atoms. The molecule has 0 amide bonds. The van der Waals surface area contributed by atoms with Gasteiger partial charge >= 0.3 is 0 Å². The molecule has 1 aromatic carbocycles. The number of methoxy groups -OCH3 is 1. The Bertz CT molecular complexity index is 425. The van der Waals surface area contributed by atoms with Gasteiger partial charge in [-0.15, -0.1) is 0 Å². The molecule has 0 spiro atoms. The third kappa shape index (κ3) is 3.34. The van der Waals surface area contributed by atoms with Gasteiger partial charge in [-0.3, -0.25) is 0 Å². The molecule has 1 saturated heterocycles. The molecule has 0 saturated carbocycles. The van der Waals surface area contributed by atoms with Crippen molar-refractivity contribution in [3.8, 4) is 5.75 Å². The third-order valence-corrected chi connectivity index (χ3v) is 4.18. The lowest BCUT2D eigenvalue weighted by Gasteiger charge is -2.38. The van der Waals surface area contributed by atoms with Gasteiger partial charge in [-0.1, -0.05) is 25.4 Å². The Hall–Kier alpha value is -0.930. The van der Waals surface area contributed by atoms with Gasteiger partial charge in [-0.25, -0.2) is 0 Å². The van der Waals surface area contributed by atoms with E-state index in [1.54, 1.807) is 7.11 Å². The van der Waals surface area contributed by atoms with Crippen LogP contribution in [0, 0.1) is 5.92 Å². The van der Waals surface area contributed by atoms with Crippen LogP contribution in [0.5, 0.6) is 5.75 Å². The Labute approximate surface area is 120 Å². The fourth-order valence-electron chi connectivity index (χ4n) is 2.79. The minimum Gasteiger partial charge on any atom is -0.495 e. The van der Waals surface area contributed by atoms with Crippen molar-refractivity contribution in [2.75, 3.05) is 31.6 Å². The number of benzene rings is 1. The van der Waals surface area contributed by atoms with Gasteiger partial charge in [-0.05, 0) is 31.0 Å². The summed E-state index contributed by atoms with van der Waals surface area (Å²) in [5, 5.41) is 4.23. The first-order valence-electron chi connectivity index (χ1n) is 6.97. The number of hydrogen-bond acceptors (Lipinski definition) is 3. The van der Waals surface area contributed by atoms with E-state index in [2.05, 4.69) is 30.1 Å². The van der Waals surface area contributed by atoms with Crippen LogP contribution < -0.4 is 15.0 Å². The predicted octanol–water partition coefficient (Wildman–Crippen LogP) is 3.17. The van der Waals surface area contributed by atoms with Crippen molar-refractivity contribution in [2.24, 2.45) is 5.92 Å².